The van der Waals surface area contributed by atoms with Gasteiger partial charge in [0.2, 0.25) is 0 Å². The van der Waals surface area contributed by atoms with Crippen molar-refractivity contribution in [3.05, 3.63) is 35.4 Å². The minimum atomic E-state index is -1.57. The first-order valence-electron chi connectivity index (χ1n) is 7.60. The Morgan fingerprint density at radius 3 is 2.48 bits per heavy atom. The summed E-state index contributed by atoms with van der Waals surface area (Å²) in [4.78, 5) is 13.6. The molecule has 1 fully saturated rings. The van der Waals surface area contributed by atoms with Crippen molar-refractivity contribution in [1.82, 2.24) is 10.2 Å². The summed E-state index contributed by atoms with van der Waals surface area (Å²) in [5.74, 6) is -1.50. The predicted molar refractivity (Wildman–Crippen MR) is 87.4 cm³/mol. The van der Waals surface area contributed by atoms with Gasteiger partial charge in [-0.2, -0.15) is 11.8 Å². The van der Waals surface area contributed by atoms with Crippen LogP contribution in [0.25, 0.3) is 0 Å². The van der Waals surface area contributed by atoms with E-state index in [0.717, 1.165) is 12.1 Å². The highest BCUT2D eigenvalue weighted by Gasteiger charge is 2.39. The van der Waals surface area contributed by atoms with Gasteiger partial charge in [0.25, 0.3) is 0 Å². The number of hydrogen-bond donors (Lipinski definition) is 2. The van der Waals surface area contributed by atoms with Crippen molar-refractivity contribution >= 4 is 17.8 Å². The standard InChI is InChI=1S/C16H22F2N2O2S/c1-11(23-2)10-19-15(21)20-8-6-16(22,7-9-20)14-12(17)4-3-5-13(14)18/h3-5,11,22H,6-10H2,1-2H3,(H,19,21)/t11-/m0/s1. The van der Waals surface area contributed by atoms with E-state index in [4.69, 9.17) is 0 Å². The van der Waals surface area contributed by atoms with Gasteiger partial charge in [0.1, 0.15) is 11.6 Å². The summed E-state index contributed by atoms with van der Waals surface area (Å²) in [5, 5.41) is 13.8. The Balaban J connectivity index is 1.99. The van der Waals surface area contributed by atoms with Crippen LogP contribution in [0.5, 0.6) is 0 Å². The van der Waals surface area contributed by atoms with Crippen LogP contribution in [0, 0.1) is 11.6 Å². The number of hydrogen-bond acceptors (Lipinski definition) is 3. The summed E-state index contributed by atoms with van der Waals surface area (Å²) < 4.78 is 27.8. The van der Waals surface area contributed by atoms with Gasteiger partial charge in [-0.3, -0.25) is 0 Å². The number of urea groups is 1. The molecule has 2 amide bonds. The molecule has 1 aromatic carbocycles. The second-order valence-corrected chi connectivity index (χ2v) is 7.12. The number of halogens is 2. The molecule has 0 radical (unpaired) electrons. The number of likely N-dealkylation sites (tertiary alicyclic amines) is 1. The summed E-state index contributed by atoms with van der Waals surface area (Å²) in [6, 6.07) is 3.34. The van der Waals surface area contributed by atoms with Crippen LogP contribution in [-0.4, -0.2) is 47.2 Å². The third kappa shape index (κ3) is 4.14. The summed E-state index contributed by atoms with van der Waals surface area (Å²) in [5.41, 5.74) is -1.87. The number of benzene rings is 1. The van der Waals surface area contributed by atoms with Crippen molar-refractivity contribution in [2.24, 2.45) is 0 Å². The Kier molecular flexibility index (Phi) is 5.86. The highest BCUT2D eigenvalue weighted by atomic mass is 32.2. The molecule has 0 spiro atoms. The van der Waals surface area contributed by atoms with E-state index in [1.165, 1.54) is 6.07 Å². The maximum absolute atomic E-state index is 13.9. The van der Waals surface area contributed by atoms with Crippen LogP contribution in [0.15, 0.2) is 18.2 Å². The Morgan fingerprint density at radius 1 is 1.39 bits per heavy atom. The minimum Gasteiger partial charge on any atom is -0.385 e. The van der Waals surface area contributed by atoms with Gasteiger partial charge in [0.15, 0.2) is 0 Å². The van der Waals surface area contributed by atoms with Gasteiger partial charge < -0.3 is 15.3 Å². The number of nitrogens with one attached hydrogen (secondary N) is 1. The van der Waals surface area contributed by atoms with Crippen molar-refractivity contribution in [3.8, 4) is 0 Å². The van der Waals surface area contributed by atoms with Crippen molar-refractivity contribution in [2.75, 3.05) is 25.9 Å². The lowest BCUT2D eigenvalue weighted by Gasteiger charge is -2.38. The van der Waals surface area contributed by atoms with E-state index in [1.807, 2.05) is 13.2 Å². The van der Waals surface area contributed by atoms with Gasteiger partial charge in [-0.25, -0.2) is 13.6 Å². The summed E-state index contributed by atoms with van der Waals surface area (Å²) in [6.07, 6.45) is 2.19. The van der Waals surface area contributed by atoms with Crippen LogP contribution >= 0.6 is 11.8 Å². The largest absolute Gasteiger partial charge is 0.385 e. The third-order valence-electron chi connectivity index (χ3n) is 4.25. The van der Waals surface area contributed by atoms with Crippen LogP contribution in [-0.2, 0) is 5.60 Å². The average Bonchev–Trinajstić information content (AvgIpc) is 2.52. The van der Waals surface area contributed by atoms with E-state index in [0.29, 0.717) is 11.8 Å². The zero-order valence-electron chi connectivity index (χ0n) is 13.3. The van der Waals surface area contributed by atoms with E-state index in [-0.39, 0.29) is 37.5 Å². The van der Waals surface area contributed by atoms with Gasteiger partial charge >= 0.3 is 6.03 Å². The molecule has 7 heteroatoms. The molecule has 0 aliphatic carbocycles. The van der Waals surface area contributed by atoms with Crippen LogP contribution in [0.4, 0.5) is 13.6 Å². The van der Waals surface area contributed by atoms with Crippen LogP contribution in [0.1, 0.15) is 25.3 Å². The van der Waals surface area contributed by atoms with Crippen molar-refractivity contribution in [3.63, 3.8) is 0 Å². The second-order valence-electron chi connectivity index (χ2n) is 5.85. The molecule has 1 saturated heterocycles. The van der Waals surface area contributed by atoms with Gasteiger partial charge in [-0.1, -0.05) is 13.0 Å². The summed E-state index contributed by atoms with van der Waals surface area (Å²) in [7, 11) is 0. The summed E-state index contributed by atoms with van der Waals surface area (Å²) >= 11 is 1.66. The molecule has 0 unspecified atom stereocenters. The van der Waals surface area contributed by atoms with Gasteiger partial charge in [0.05, 0.1) is 11.2 Å². The number of carbonyl (C=O) groups is 1. The topological polar surface area (TPSA) is 52.6 Å². The second kappa shape index (κ2) is 7.49. The molecule has 0 aromatic heterocycles. The molecule has 1 atom stereocenters. The molecular formula is C16H22F2N2O2S. The summed E-state index contributed by atoms with van der Waals surface area (Å²) in [6.45, 7) is 3.08. The lowest BCUT2D eigenvalue weighted by atomic mass is 9.84. The van der Waals surface area contributed by atoms with E-state index in [9.17, 15) is 18.7 Å². The van der Waals surface area contributed by atoms with E-state index in [1.54, 1.807) is 16.7 Å². The molecule has 4 nitrogen and oxygen atoms in total. The van der Waals surface area contributed by atoms with Crippen LogP contribution < -0.4 is 5.32 Å². The number of amides is 2. The number of carbonyl (C=O) groups excluding carboxylic acids is 1. The molecule has 0 bridgehead atoms. The predicted octanol–water partition coefficient (Wildman–Crippen LogP) is 2.71. The van der Waals surface area contributed by atoms with E-state index in [2.05, 4.69) is 5.32 Å². The number of rotatable bonds is 4. The van der Waals surface area contributed by atoms with Gasteiger partial charge in [0, 0.05) is 24.9 Å². The van der Waals surface area contributed by atoms with Crippen LogP contribution in [0.3, 0.4) is 0 Å². The smallest absolute Gasteiger partial charge is 0.317 e. The number of thioether (sulfide) groups is 1. The van der Waals surface area contributed by atoms with E-state index < -0.39 is 17.2 Å². The normalized spacial score (nSPS) is 18.6. The fourth-order valence-corrected chi connectivity index (χ4v) is 2.95. The first-order chi connectivity index (χ1) is 10.9. The minimum absolute atomic E-state index is 0.107. The Bertz CT molecular complexity index is 543. The molecule has 1 aliphatic heterocycles. The molecule has 0 saturated carbocycles. The molecule has 23 heavy (non-hydrogen) atoms. The molecule has 1 aliphatic rings. The number of aliphatic hydroxyl groups is 1. The monoisotopic (exact) mass is 344 g/mol. The van der Waals surface area contributed by atoms with Crippen molar-refractivity contribution in [1.29, 1.82) is 0 Å². The zero-order valence-corrected chi connectivity index (χ0v) is 14.1. The quantitative estimate of drug-likeness (QED) is 0.883. The van der Waals surface area contributed by atoms with Gasteiger partial charge in [-0.15, -0.1) is 0 Å². The average molecular weight is 344 g/mol. The highest BCUT2D eigenvalue weighted by molar-refractivity contribution is 7.99. The first-order valence-corrected chi connectivity index (χ1v) is 8.88. The van der Waals surface area contributed by atoms with Crippen molar-refractivity contribution < 1.29 is 18.7 Å². The Hall–Kier alpha value is -1.34. The maximum Gasteiger partial charge on any atom is 0.317 e. The highest BCUT2D eigenvalue weighted by Crippen LogP contribution is 2.35. The fourth-order valence-electron chi connectivity index (χ4n) is 2.70. The lowest BCUT2D eigenvalue weighted by Crippen LogP contribution is -2.50. The fraction of sp³-hybridized carbons (Fsp3) is 0.562. The molecule has 1 aromatic rings. The maximum atomic E-state index is 13.9. The lowest BCUT2D eigenvalue weighted by molar-refractivity contribution is -0.0223. The van der Waals surface area contributed by atoms with Crippen molar-refractivity contribution in [2.45, 2.75) is 30.6 Å². The first kappa shape index (κ1) is 18.0. The van der Waals surface area contributed by atoms with Gasteiger partial charge in [-0.05, 0) is 31.2 Å². The molecule has 2 rings (SSSR count). The van der Waals surface area contributed by atoms with E-state index >= 15 is 0 Å². The Morgan fingerprint density at radius 2 is 1.96 bits per heavy atom. The number of piperidine rings is 1. The molecule has 1 heterocycles. The third-order valence-corrected chi connectivity index (χ3v) is 5.22. The van der Waals surface area contributed by atoms with Crippen LogP contribution in [0.2, 0.25) is 0 Å². The zero-order chi connectivity index (χ0) is 17.0. The Labute approximate surface area is 139 Å². The SMILES string of the molecule is CS[C@@H](C)CNC(=O)N1CCC(O)(c2c(F)cccc2F)CC1. The molecular weight excluding hydrogens is 322 g/mol. The molecule has 2 N–H and O–H groups in total. The molecule has 128 valence electrons. The number of nitrogens with zero attached hydrogens (tertiary/aromatic N) is 1.